The van der Waals surface area contributed by atoms with E-state index in [2.05, 4.69) is 31.8 Å². The summed E-state index contributed by atoms with van der Waals surface area (Å²) in [7, 11) is 0. The lowest BCUT2D eigenvalue weighted by atomic mass is 10.1. The normalized spacial score (nSPS) is 16.8. The average Bonchev–Trinajstić information content (AvgIpc) is 3.27. The fourth-order valence-electron chi connectivity index (χ4n) is 2.81. The van der Waals surface area contributed by atoms with E-state index in [-0.39, 0.29) is 0 Å². The maximum Gasteiger partial charge on any atom is 0.137 e. The summed E-state index contributed by atoms with van der Waals surface area (Å²) >= 11 is 0. The average molecular weight is 309 g/mol. The van der Waals surface area contributed by atoms with Gasteiger partial charge in [-0.2, -0.15) is 5.10 Å². The van der Waals surface area contributed by atoms with Crippen molar-refractivity contribution >= 4 is 5.82 Å². The van der Waals surface area contributed by atoms with Crippen LogP contribution in [-0.2, 0) is 13.1 Å². The van der Waals surface area contributed by atoms with Gasteiger partial charge in [0.25, 0.3) is 0 Å². The molecule has 0 aliphatic carbocycles. The maximum atomic E-state index is 4.47. The Morgan fingerprint density at radius 3 is 3.09 bits per heavy atom. The van der Waals surface area contributed by atoms with Crippen molar-refractivity contribution < 1.29 is 0 Å². The predicted molar refractivity (Wildman–Crippen MR) is 87.3 cm³/mol. The molecule has 0 aromatic carbocycles. The SMILES string of the molecule is c1cn(-c2ccc(CNC[C@@H]3CNc4ccnn4C3)cn2)cn1. The van der Waals surface area contributed by atoms with E-state index in [1.807, 2.05) is 40.0 Å². The van der Waals surface area contributed by atoms with Crippen molar-refractivity contribution in [1.29, 1.82) is 0 Å². The van der Waals surface area contributed by atoms with Crippen LogP contribution in [0.5, 0.6) is 0 Å². The van der Waals surface area contributed by atoms with Gasteiger partial charge in [0.05, 0.1) is 6.20 Å². The van der Waals surface area contributed by atoms with Gasteiger partial charge in [-0.3, -0.25) is 4.57 Å². The van der Waals surface area contributed by atoms with Crippen molar-refractivity contribution in [1.82, 2.24) is 29.6 Å². The number of imidazole rings is 1. The standard InChI is InChI=1S/C16H19N7/c1-2-15(22-6-5-17-12-22)19-9-13(1)7-18-8-14-10-20-16-3-4-21-23(16)11-14/h1-6,9,12,14,18,20H,7-8,10-11H2/t14-/m1/s1. The summed E-state index contributed by atoms with van der Waals surface area (Å²) in [6.45, 7) is 3.71. The van der Waals surface area contributed by atoms with Crippen molar-refractivity contribution in [3.05, 3.63) is 54.9 Å². The summed E-state index contributed by atoms with van der Waals surface area (Å²) < 4.78 is 3.92. The van der Waals surface area contributed by atoms with Gasteiger partial charge in [-0.1, -0.05) is 6.07 Å². The lowest BCUT2D eigenvalue weighted by Crippen LogP contribution is -2.35. The Labute approximate surface area is 134 Å². The highest BCUT2D eigenvalue weighted by Crippen LogP contribution is 2.15. The van der Waals surface area contributed by atoms with E-state index < -0.39 is 0 Å². The quantitative estimate of drug-likeness (QED) is 0.743. The number of aromatic nitrogens is 5. The van der Waals surface area contributed by atoms with Gasteiger partial charge in [0.1, 0.15) is 18.0 Å². The molecule has 3 aromatic rings. The Morgan fingerprint density at radius 1 is 1.26 bits per heavy atom. The van der Waals surface area contributed by atoms with Crippen molar-refractivity contribution in [2.45, 2.75) is 13.1 Å². The lowest BCUT2D eigenvalue weighted by molar-refractivity contribution is 0.391. The third kappa shape index (κ3) is 3.09. The number of fused-ring (bicyclic) bond motifs is 1. The van der Waals surface area contributed by atoms with Gasteiger partial charge in [-0.25, -0.2) is 14.6 Å². The molecule has 23 heavy (non-hydrogen) atoms. The summed E-state index contributed by atoms with van der Waals surface area (Å²) in [5.41, 5.74) is 1.18. The highest BCUT2D eigenvalue weighted by atomic mass is 15.3. The number of rotatable bonds is 5. The highest BCUT2D eigenvalue weighted by molar-refractivity contribution is 5.35. The number of pyridine rings is 1. The summed E-state index contributed by atoms with van der Waals surface area (Å²) in [6, 6.07) is 6.12. The summed E-state index contributed by atoms with van der Waals surface area (Å²) in [4.78, 5) is 8.50. The molecule has 0 fully saturated rings. The molecule has 2 N–H and O–H groups in total. The highest BCUT2D eigenvalue weighted by Gasteiger charge is 2.17. The Morgan fingerprint density at radius 2 is 2.26 bits per heavy atom. The minimum atomic E-state index is 0.542. The molecule has 0 bridgehead atoms. The number of hydrogen-bond acceptors (Lipinski definition) is 5. The van der Waals surface area contributed by atoms with Crippen molar-refractivity contribution in [2.75, 3.05) is 18.4 Å². The van der Waals surface area contributed by atoms with E-state index in [1.165, 1.54) is 5.56 Å². The molecule has 7 nitrogen and oxygen atoms in total. The molecule has 0 saturated carbocycles. The molecule has 0 spiro atoms. The van der Waals surface area contributed by atoms with Gasteiger partial charge in [0.15, 0.2) is 0 Å². The van der Waals surface area contributed by atoms with Crippen molar-refractivity contribution in [3.8, 4) is 5.82 Å². The van der Waals surface area contributed by atoms with Crippen LogP contribution in [0.4, 0.5) is 5.82 Å². The van der Waals surface area contributed by atoms with Crippen LogP contribution in [0.25, 0.3) is 5.82 Å². The van der Waals surface area contributed by atoms with Crippen LogP contribution >= 0.6 is 0 Å². The zero-order valence-corrected chi connectivity index (χ0v) is 12.8. The first-order chi connectivity index (χ1) is 11.4. The van der Waals surface area contributed by atoms with E-state index in [9.17, 15) is 0 Å². The van der Waals surface area contributed by atoms with E-state index in [0.29, 0.717) is 5.92 Å². The molecule has 1 atom stereocenters. The largest absolute Gasteiger partial charge is 0.370 e. The Hall–Kier alpha value is -2.67. The van der Waals surface area contributed by atoms with Crippen LogP contribution in [0.15, 0.2) is 49.3 Å². The monoisotopic (exact) mass is 309 g/mol. The Kier molecular flexibility index (Phi) is 3.77. The molecular formula is C16H19N7. The molecule has 0 unspecified atom stereocenters. The van der Waals surface area contributed by atoms with Crippen LogP contribution in [0.1, 0.15) is 5.56 Å². The second kappa shape index (κ2) is 6.21. The second-order valence-corrected chi connectivity index (χ2v) is 5.77. The van der Waals surface area contributed by atoms with E-state index in [4.69, 9.17) is 0 Å². The van der Waals surface area contributed by atoms with Gasteiger partial charge in [-0.15, -0.1) is 0 Å². The van der Waals surface area contributed by atoms with E-state index in [1.54, 1.807) is 12.5 Å². The molecule has 1 aliphatic heterocycles. The topological polar surface area (TPSA) is 72.6 Å². The van der Waals surface area contributed by atoms with Crippen LogP contribution in [0.3, 0.4) is 0 Å². The molecule has 0 radical (unpaired) electrons. The molecule has 3 aromatic heterocycles. The Bertz CT molecular complexity index is 745. The first kappa shape index (κ1) is 14.0. The van der Waals surface area contributed by atoms with Gasteiger partial charge < -0.3 is 10.6 Å². The Balaban J connectivity index is 1.28. The zero-order chi connectivity index (χ0) is 15.5. The first-order valence-electron chi connectivity index (χ1n) is 7.78. The van der Waals surface area contributed by atoms with Crippen LogP contribution in [0, 0.1) is 5.92 Å². The van der Waals surface area contributed by atoms with Gasteiger partial charge >= 0.3 is 0 Å². The number of hydrogen-bond donors (Lipinski definition) is 2. The van der Waals surface area contributed by atoms with Crippen LogP contribution in [0.2, 0.25) is 0 Å². The second-order valence-electron chi connectivity index (χ2n) is 5.77. The molecule has 118 valence electrons. The third-order valence-corrected chi connectivity index (χ3v) is 4.06. The summed E-state index contributed by atoms with van der Waals surface area (Å²) in [5.74, 6) is 2.54. The minimum Gasteiger partial charge on any atom is -0.370 e. The van der Waals surface area contributed by atoms with E-state index >= 15 is 0 Å². The van der Waals surface area contributed by atoms with Gasteiger partial charge in [0.2, 0.25) is 0 Å². The first-order valence-corrected chi connectivity index (χ1v) is 7.78. The zero-order valence-electron chi connectivity index (χ0n) is 12.8. The van der Waals surface area contributed by atoms with Crippen LogP contribution < -0.4 is 10.6 Å². The molecular weight excluding hydrogens is 290 g/mol. The molecule has 4 heterocycles. The number of nitrogens with zero attached hydrogens (tertiary/aromatic N) is 5. The molecule has 1 aliphatic rings. The molecule has 4 rings (SSSR count). The molecule has 7 heteroatoms. The van der Waals surface area contributed by atoms with E-state index in [0.717, 1.165) is 37.8 Å². The molecule has 0 saturated heterocycles. The minimum absolute atomic E-state index is 0.542. The summed E-state index contributed by atoms with van der Waals surface area (Å²) in [6.07, 6.45) is 9.14. The fourth-order valence-corrected chi connectivity index (χ4v) is 2.81. The van der Waals surface area contributed by atoms with Gasteiger partial charge in [0, 0.05) is 56.8 Å². The van der Waals surface area contributed by atoms with Gasteiger partial charge in [-0.05, 0) is 11.6 Å². The number of anilines is 1. The third-order valence-electron chi connectivity index (χ3n) is 4.06. The predicted octanol–water partition coefficient (Wildman–Crippen LogP) is 1.30. The summed E-state index contributed by atoms with van der Waals surface area (Å²) in [5, 5.41) is 11.2. The maximum absolute atomic E-state index is 4.47. The van der Waals surface area contributed by atoms with Crippen molar-refractivity contribution in [3.63, 3.8) is 0 Å². The molecule has 0 amide bonds. The fraction of sp³-hybridized carbons (Fsp3) is 0.312. The van der Waals surface area contributed by atoms with Crippen molar-refractivity contribution in [2.24, 2.45) is 5.92 Å². The van der Waals surface area contributed by atoms with Crippen LogP contribution in [-0.4, -0.2) is 37.4 Å². The smallest absolute Gasteiger partial charge is 0.137 e. The lowest BCUT2D eigenvalue weighted by Gasteiger charge is -2.25. The number of nitrogens with one attached hydrogen (secondary N) is 2.